The van der Waals surface area contributed by atoms with E-state index in [-0.39, 0.29) is 17.5 Å². The van der Waals surface area contributed by atoms with Crippen LogP contribution in [0.1, 0.15) is 37.9 Å². The lowest BCUT2D eigenvalue weighted by atomic mass is 10.1. The van der Waals surface area contributed by atoms with Crippen LogP contribution in [-0.2, 0) is 9.59 Å². The van der Waals surface area contributed by atoms with Crippen LogP contribution < -0.4 is 16.0 Å². The van der Waals surface area contributed by atoms with Crippen molar-refractivity contribution in [2.24, 2.45) is 0 Å². The van der Waals surface area contributed by atoms with E-state index in [1.165, 1.54) is 11.8 Å². The second kappa shape index (κ2) is 14.9. The molecule has 5 aromatic rings. The molecule has 3 amide bonds. The van der Waals surface area contributed by atoms with Crippen LogP contribution in [0.25, 0.3) is 6.08 Å². The molecule has 45 heavy (non-hydrogen) atoms. The zero-order valence-electron chi connectivity index (χ0n) is 25.0. The zero-order chi connectivity index (χ0) is 31.6. The van der Waals surface area contributed by atoms with Crippen molar-refractivity contribution in [3.8, 4) is 0 Å². The fraction of sp³-hybridized carbons (Fsp3) is 0.0789. The average molecular weight is 612 g/mol. The van der Waals surface area contributed by atoms with Crippen LogP contribution in [-0.4, -0.2) is 17.7 Å². The first-order valence-electron chi connectivity index (χ1n) is 14.5. The van der Waals surface area contributed by atoms with Gasteiger partial charge in [-0.15, -0.1) is 11.8 Å². The second-order valence-corrected chi connectivity index (χ2v) is 11.7. The van der Waals surface area contributed by atoms with Gasteiger partial charge in [0.05, 0.1) is 0 Å². The molecule has 1 atom stereocenters. The van der Waals surface area contributed by atoms with E-state index in [1.54, 1.807) is 36.4 Å². The molecular formula is C38H33N3O3S. The Morgan fingerprint density at radius 2 is 1.31 bits per heavy atom. The molecule has 7 heteroatoms. The molecule has 0 aliphatic heterocycles. The number of hydrogen-bond donors (Lipinski definition) is 3. The van der Waals surface area contributed by atoms with Crippen LogP contribution in [0.5, 0.6) is 0 Å². The summed E-state index contributed by atoms with van der Waals surface area (Å²) in [7, 11) is 0. The van der Waals surface area contributed by atoms with E-state index in [1.807, 2.05) is 117 Å². The SMILES string of the molecule is Cc1cccc(NC(=O)C(Sc2cccc(NC(=O)/C(=C/c3ccccc3C)NC(=O)c3ccccc3)c2)c2ccccc2)c1. The predicted molar refractivity (Wildman–Crippen MR) is 183 cm³/mol. The Labute approximate surface area is 267 Å². The molecule has 0 radical (unpaired) electrons. The van der Waals surface area contributed by atoms with Gasteiger partial charge in [-0.2, -0.15) is 0 Å². The minimum atomic E-state index is -0.542. The number of thioether (sulfide) groups is 1. The molecule has 1 unspecified atom stereocenters. The van der Waals surface area contributed by atoms with Gasteiger partial charge in [0.25, 0.3) is 11.8 Å². The highest BCUT2D eigenvalue weighted by atomic mass is 32.2. The van der Waals surface area contributed by atoms with Crippen molar-refractivity contribution in [1.82, 2.24) is 5.32 Å². The molecule has 0 aromatic heterocycles. The van der Waals surface area contributed by atoms with Crippen molar-refractivity contribution < 1.29 is 14.4 Å². The molecule has 6 nitrogen and oxygen atoms in total. The van der Waals surface area contributed by atoms with Crippen molar-refractivity contribution in [3.63, 3.8) is 0 Å². The number of rotatable bonds is 10. The largest absolute Gasteiger partial charge is 0.325 e. The van der Waals surface area contributed by atoms with E-state index in [2.05, 4.69) is 16.0 Å². The number of aryl methyl sites for hydroxylation is 2. The van der Waals surface area contributed by atoms with Gasteiger partial charge in [-0.25, -0.2) is 0 Å². The Hall–Kier alpha value is -5.40. The molecular weight excluding hydrogens is 579 g/mol. The van der Waals surface area contributed by atoms with Gasteiger partial charge in [0.2, 0.25) is 5.91 Å². The highest BCUT2D eigenvalue weighted by Crippen LogP contribution is 2.37. The molecule has 0 bridgehead atoms. The van der Waals surface area contributed by atoms with E-state index < -0.39 is 11.2 Å². The maximum absolute atomic E-state index is 13.6. The first-order chi connectivity index (χ1) is 21.9. The highest BCUT2D eigenvalue weighted by Gasteiger charge is 2.23. The number of anilines is 2. The van der Waals surface area contributed by atoms with E-state index in [0.717, 1.165) is 32.8 Å². The normalized spacial score (nSPS) is 11.7. The molecule has 0 saturated carbocycles. The summed E-state index contributed by atoms with van der Waals surface area (Å²) in [6.07, 6.45) is 1.67. The van der Waals surface area contributed by atoms with Gasteiger partial charge in [0.1, 0.15) is 10.9 Å². The summed E-state index contributed by atoms with van der Waals surface area (Å²) < 4.78 is 0. The summed E-state index contributed by atoms with van der Waals surface area (Å²) in [5, 5.41) is 8.23. The second-order valence-electron chi connectivity index (χ2n) is 10.5. The summed E-state index contributed by atoms with van der Waals surface area (Å²) in [6.45, 7) is 3.92. The van der Waals surface area contributed by atoms with E-state index in [4.69, 9.17) is 0 Å². The molecule has 0 heterocycles. The Balaban J connectivity index is 1.38. The summed E-state index contributed by atoms with van der Waals surface area (Å²) in [5.74, 6) is -1.01. The van der Waals surface area contributed by atoms with Gasteiger partial charge in [0.15, 0.2) is 0 Å². The number of nitrogens with one attached hydrogen (secondary N) is 3. The van der Waals surface area contributed by atoms with Gasteiger partial charge in [-0.05, 0) is 84.6 Å². The molecule has 0 saturated heterocycles. The molecule has 224 valence electrons. The van der Waals surface area contributed by atoms with Crippen LogP contribution in [0.4, 0.5) is 11.4 Å². The lowest BCUT2D eigenvalue weighted by Crippen LogP contribution is -2.30. The number of carbonyl (C=O) groups excluding carboxylic acids is 3. The Morgan fingerprint density at radius 3 is 2.02 bits per heavy atom. The highest BCUT2D eigenvalue weighted by molar-refractivity contribution is 8.00. The smallest absolute Gasteiger partial charge is 0.272 e. The Kier molecular flexibility index (Phi) is 10.2. The van der Waals surface area contributed by atoms with Crippen molar-refractivity contribution in [2.45, 2.75) is 24.0 Å². The monoisotopic (exact) mass is 611 g/mol. The first kappa shape index (κ1) is 31.0. The van der Waals surface area contributed by atoms with Crippen LogP contribution in [0.15, 0.2) is 144 Å². The minimum Gasteiger partial charge on any atom is -0.325 e. The van der Waals surface area contributed by atoms with Crippen LogP contribution in [0.3, 0.4) is 0 Å². The number of benzene rings is 5. The molecule has 0 aliphatic rings. The third-order valence-corrected chi connectivity index (χ3v) is 8.24. The topological polar surface area (TPSA) is 87.3 Å². The average Bonchev–Trinajstić information content (AvgIpc) is 3.05. The van der Waals surface area contributed by atoms with Gasteiger partial charge in [-0.3, -0.25) is 14.4 Å². The number of hydrogen-bond acceptors (Lipinski definition) is 4. The molecule has 5 aromatic carbocycles. The Bertz CT molecular complexity index is 1840. The van der Waals surface area contributed by atoms with Crippen LogP contribution >= 0.6 is 11.8 Å². The molecule has 3 N–H and O–H groups in total. The van der Waals surface area contributed by atoms with Crippen molar-refractivity contribution in [3.05, 3.63) is 167 Å². The third-order valence-electron chi connectivity index (χ3n) is 6.99. The van der Waals surface area contributed by atoms with E-state index in [0.29, 0.717) is 11.3 Å². The number of amides is 3. The number of carbonyl (C=O) groups is 3. The van der Waals surface area contributed by atoms with Gasteiger partial charge in [-0.1, -0.05) is 91.0 Å². The molecule has 0 aliphatic carbocycles. The van der Waals surface area contributed by atoms with Gasteiger partial charge < -0.3 is 16.0 Å². The standard InChI is InChI=1S/C38H33N3O3S/c1-26-13-11-20-31(23-26)40-38(44)35(28-15-5-3-6-16-28)45-33-22-12-21-32(25-33)39-37(43)34(24-30-19-10-9-14-27(30)2)41-36(42)29-17-7-4-8-18-29/h3-25,35H,1-2H3,(H,39,43)(H,40,44)(H,41,42)/b34-24-. The lowest BCUT2D eigenvalue weighted by molar-refractivity contribution is -0.116. The predicted octanol–water partition coefficient (Wildman–Crippen LogP) is 8.19. The van der Waals surface area contributed by atoms with Crippen LogP contribution in [0.2, 0.25) is 0 Å². The van der Waals surface area contributed by atoms with E-state index in [9.17, 15) is 14.4 Å². The third kappa shape index (κ3) is 8.59. The fourth-order valence-corrected chi connectivity index (χ4v) is 5.74. The van der Waals surface area contributed by atoms with Crippen molar-refractivity contribution >= 4 is 46.9 Å². The summed E-state index contributed by atoms with van der Waals surface area (Å²) in [6, 6.07) is 41.0. The molecule has 5 rings (SSSR count). The van der Waals surface area contributed by atoms with E-state index >= 15 is 0 Å². The van der Waals surface area contributed by atoms with Gasteiger partial charge >= 0.3 is 0 Å². The molecule has 0 spiro atoms. The quantitative estimate of drug-likeness (QED) is 0.110. The van der Waals surface area contributed by atoms with Crippen molar-refractivity contribution in [1.29, 1.82) is 0 Å². The van der Waals surface area contributed by atoms with Crippen molar-refractivity contribution in [2.75, 3.05) is 10.6 Å². The lowest BCUT2D eigenvalue weighted by Gasteiger charge is -2.18. The Morgan fingerprint density at radius 1 is 0.667 bits per heavy atom. The van der Waals surface area contributed by atoms with Gasteiger partial charge in [0, 0.05) is 21.8 Å². The molecule has 0 fully saturated rings. The first-order valence-corrected chi connectivity index (χ1v) is 15.4. The fourth-order valence-electron chi connectivity index (χ4n) is 4.66. The van der Waals surface area contributed by atoms with Crippen LogP contribution in [0, 0.1) is 13.8 Å². The maximum Gasteiger partial charge on any atom is 0.272 e. The summed E-state index contributed by atoms with van der Waals surface area (Å²) in [4.78, 5) is 41.0. The summed E-state index contributed by atoms with van der Waals surface area (Å²) in [5.41, 5.74) is 5.49. The zero-order valence-corrected chi connectivity index (χ0v) is 25.8. The minimum absolute atomic E-state index is 0.107. The summed E-state index contributed by atoms with van der Waals surface area (Å²) >= 11 is 1.39. The maximum atomic E-state index is 13.6.